The highest BCUT2D eigenvalue weighted by molar-refractivity contribution is 7.16. The molecule has 1 aromatic heterocycles. The topological polar surface area (TPSA) is 46.2 Å². The fourth-order valence-electron chi connectivity index (χ4n) is 2.16. The SMILES string of the molecule is NCC(CO)(Cc1ccc(Cl)s1)CC1CC1. The molecule has 1 atom stereocenters. The van der Waals surface area contributed by atoms with E-state index < -0.39 is 0 Å². The summed E-state index contributed by atoms with van der Waals surface area (Å²) >= 11 is 7.51. The molecule has 4 heteroatoms. The summed E-state index contributed by atoms with van der Waals surface area (Å²) in [6.07, 6.45) is 4.50. The molecule has 0 amide bonds. The average Bonchev–Trinajstić information content (AvgIpc) is 3.00. The maximum Gasteiger partial charge on any atom is 0.0931 e. The van der Waals surface area contributed by atoms with Gasteiger partial charge in [0.05, 0.1) is 10.9 Å². The van der Waals surface area contributed by atoms with Crippen molar-refractivity contribution in [1.29, 1.82) is 0 Å². The van der Waals surface area contributed by atoms with Crippen molar-refractivity contribution >= 4 is 22.9 Å². The van der Waals surface area contributed by atoms with Gasteiger partial charge >= 0.3 is 0 Å². The largest absolute Gasteiger partial charge is 0.396 e. The van der Waals surface area contributed by atoms with Crippen LogP contribution in [-0.2, 0) is 6.42 Å². The van der Waals surface area contributed by atoms with Crippen LogP contribution >= 0.6 is 22.9 Å². The van der Waals surface area contributed by atoms with Crippen LogP contribution < -0.4 is 5.73 Å². The highest BCUT2D eigenvalue weighted by atomic mass is 35.5. The lowest BCUT2D eigenvalue weighted by molar-refractivity contribution is 0.116. The summed E-state index contributed by atoms with van der Waals surface area (Å²) in [5, 5.41) is 9.61. The van der Waals surface area contributed by atoms with Crippen LogP contribution in [0.5, 0.6) is 0 Å². The Balaban J connectivity index is 2.05. The molecule has 2 nitrogen and oxygen atoms in total. The highest BCUT2D eigenvalue weighted by Crippen LogP contribution is 2.42. The van der Waals surface area contributed by atoms with Crippen molar-refractivity contribution in [1.82, 2.24) is 0 Å². The smallest absolute Gasteiger partial charge is 0.0931 e. The number of hydrogen-bond acceptors (Lipinski definition) is 3. The first-order valence-corrected chi connectivity index (χ1v) is 6.92. The van der Waals surface area contributed by atoms with E-state index in [4.69, 9.17) is 17.3 Å². The molecule has 0 aromatic carbocycles. The molecule has 16 heavy (non-hydrogen) atoms. The van der Waals surface area contributed by atoms with Gasteiger partial charge in [0.15, 0.2) is 0 Å². The Hall–Kier alpha value is -0.0900. The summed E-state index contributed by atoms with van der Waals surface area (Å²) in [6, 6.07) is 3.96. The maximum atomic E-state index is 9.61. The van der Waals surface area contributed by atoms with Crippen LogP contribution in [0.15, 0.2) is 12.1 Å². The zero-order chi connectivity index (χ0) is 11.6. The summed E-state index contributed by atoms with van der Waals surface area (Å²) in [5.74, 6) is 0.783. The third kappa shape index (κ3) is 2.98. The van der Waals surface area contributed by atoms with Crippen molar-refractivity contribution in [3.05, 3.63) is 21.3 Å². The first kappa shape index (κ1) is 12.4. The molecule has 1 aliphatic carbocycles. The highest BCUT2D eigenvalue weighted by Gasteiger charge is 2.36. The minimum Gasteiger partial charge on any atom is -0.396 e. The van der Waals surface area contributed by atoms with E-state index in [9.17, 15) is 5.11 Å². The van der Waals surface area contributed by atoms with Crippen molar-refractivity contribution in [3.8, 4) is 0 Å². The number of halogens is 1. The lowest BCUT2D eigenvalue weighted by Gasteiger charge is -2.30. The van der Waals surface area contributed by atoms with Crippen LogP contribution in [0.2, 0.25) is 4.34 Å². The van der Waals surface area contributed by atoms with Crippen molar-refractivity contribution < 1.29 is 5.11 Å². The first-order valence-electron chi connectivity index (χ1n) is 5.72. The molecule has 1 aromatic rings. The minimum absolute atomic E-state index is 0.130. The summed E-state index contributed by atoms with van der Waals surface area (Å²) in [7, 11) is 0. The predicted octanol–water partition coefficient (Wildman–Crippen LogP) is 2.68. The van der Waals surface area contributed by atoms with Crippen molar-refractivity contribution in [2.24, 2.45) is 17.1 Å². The zero-order valence-corrected chi connectivity index (χ0v) is 10.9. The van der Waals surface area contributed by atoms with E-state index in [1.54, 1.807) is 11.3 Å². The normalized spacial score (nSPS) is 19.7. The van der Waals surface area contributed by atoms with E-state index in [2.05, 4.69) is 0 Å². The van der Waals surface area contributed by atoms with Crippen LogP contribution in [0, 0.1) is 11.3 Å². The quantitative estimate of drug-likeness (QED) is 0.825. The van der Waals surface area contributed by atoms with Gasteiger partial charge in [0.25, 0.3) is 0 Å². The van der Waals surface area contributed by atoms with E-state index in [-0.39, 0.29) is 12.0 Å². The van der Waals surface area contributed by atoms with Crippen LogP contribution in [0.4, 0.5) is 0 Å². The Bertz CT molecular complexity index is 345. The second-order valence-electron chi connectivity index (χ2n) is 4.89. The molecule has 0 saturated heterocycles. The molecule has 1 heterocycles. The van der Waals surface area contributed by atoms with E-state index in [0.29, 0.717) is 6.54 Å². The second-order valence-corrected chi connectivity index (χ2v) is 6.69. The fraction of sp³-hybridized carbons (Fsp3) is 0.667. The van der Waals surface area contributed by atoms with E-state index in [1.165, 1.54) is 17.7 Å². The first-order chi connectivity index (χ1) is 7.67. The van der Waals surface area contributed by atoms with Crippen LogP contribution in [0.1, 0.15) is 24.1 Å². The molecule has 0 bridgehead atoms. The third-order valence-corrected chi connectivity index (χ3v) is 4.60. The van der Waals surface area contributed by atoms with Gasteiger partial charge in [0.1, 0.15) is 0 Å². The molecule has 2 rings (SSSR count). The number of hydrogen-bond donors (Lipinski definition) is 2. The molecular formula is C12H18ClNOS. The van der Waals surface area contributed by atoms with Gasteiger partial charge in [-0.05, 0) is 30.9 Å². The molecule has 1 aliphatic rings. The molecule has 1 fully saturated rings. The molecule has 90 valence electrons. The number of aliphatic hydroxyl groups excluding tert-OH is 1. The van der Waals surface area contributed by atoms with E-state index in [0.717, 1.165) is 23.1 Å². The van der Waals surface area contributed by atoms with Gasteiger partial charge in [-0.1, -0.05) is 24.4 Å². The van der Waals surface area contributed by atoms with E-state index >= 15 is 0 Å². The van der Waals surface area contributed by atoms with Crippen LogP contribution in [0.3, 0.4) is 0 Å². The average molecular weight is 260 g/mol. The number of thiophene rings is 1. The van der Waals surface area contributed by atoms with Crippen molar-refractivity contribution in [2.75, 3.05) is 13.2 Å². The Kier molecular flexibility index (Phi) is 3.90. The minimum atomic E-state index is -0.130. The van der Waals surface area contributed by atoms with E-state index in [1.807, 2.05) is 12.1 Å². The Morgan fingerprint density at radius 1 is 1.50 bits per heavy atom. The zero-order valence-electron chi connectivity index (χ0n) is 9.29. The Morgan fingerprint density at radius 2 is 2.25 bits per heavy atom. The van der Waals surface area contributed by atoms with Crippen molar-refractivity contribution in [3.63, 3.8) is 0 Å². The van der Waals surface area contributed by atoms with Gasteiger partial charge in [-0.3, -0.25) is 0 Å². The van der Waals surface area contributed by atoms with Gasteiger partial charge in [0, 0.05) is 16.8 Å². The summed E-state index contributed by atoms with van der Waals surface area (Å²) in [5.41, 5.74) is 5.73. The number of rotatable bonds is 6. The van der Waals surface area contributed by atoms with Gasteiger partial charge in [-0.2, -0.15) is 0 Å². The Labute approximate surface area is 105 Å². The summed E-state index contributed by atoms with van der Waals surface area (Å²) in [4.78, 5) is 1.23. The van der Waals surface area contributed by atoms with Crippen LogP contribution in [-0.4, -0.2) is 18.3 Å². The second kappa shape index (κ2) is 5.05. The third-order valence-electron chi connectivity index (χ3n) is 3.37. The molecule has 0 aliphatic heterocycles. The summed E-state index contributed by atoms with van der Waals surface area (Å²) in [6.45, 7) is 0.727. The van der Waals surface area contributed by atoms with Gasteiger partial charge in [-0.15, -0.1) is 11.3 Å². The Morgan fingerprint density at radius 3 is 2.69 bits per heavy atom. The molecule has 0 spiro atoms. The molecule has 1 saturated carbocycles. The monoisotopic (exact) mass is 259 g/mol. The molecular weight excluding hydrogens is 242 g/mol. The van der Waals surface area contributed by atoms with Gasteiger partial charge < -0.3 is 10.8 Å². The lowest BCUT2D eigenvalue weighted by atomic mass is 9.79. The molecule has 3 N–H and O–H groups in total. The molecule has 0 radical (unpaired) electrons. The fourth-order valence-corrected chi connectivity index (χ4v) is 3.42. The maximum absolute atomic E-state index is 9.61. The van der Waals surface area contributed by atoms with Crippen molar-refractivity contribution in [2.45, 2.75) is 25.7 Å². The number of aliphatic hydroxyl groups is 1. The standard InChI is InChI=1S/C12H18ClNOS/c13-11-4-3-10(16-11)6-12(7-14,8-15)5-9-1-2-9/h3-4,9,15H,1-2,5-8,14H2. The number of nitrogens with two attached hydrogens (primary N) is 1. The van der Waals surface area contributed by atoms with Crippen LogP contribution in [0.25, 0.3) is 0 Å². The van der Waals surface area contributed by atoms with Gasteiger partial charge in [0.2, 0.25) is 0 Å². The molecule has 1 unspecified atom stereocenters. The summed E-state index contributed by atoms with van der Waals surface area (Å²) < 4.78 is 0.810. The predicted molar refractivity (Wildman–Crippen MR) is 68.9 cm³/mol. The lowest BCUT2D eigenvalue weighted by Crippen LogP contribution is -2.36. The van der Waals surface area contributed by atoms with Gasteiger partial charge in [-0.25, -0.2) is 0 Å².